The van der Waals surface area contributed by atoms with Gasteiger partial charge in [0.1, 0.15) is 0 Å². The minimum atomic E-state index is 0.286. The SMILES string of the molecule is Cc1ccc(CN(C(=O)CCC(C)CN)C2CC2)cc1. The molecule has 0 spiro atoms. The third kappa shape index (κ3) is 4.34. The van der Waals surface area contributed by atoms with Gasteiger partial charge in [-0.15, -0.1) is 0 Å². The van der Waals surface area contributed by atoms with Crippen molar-refractivity contribution in [2.75, 3.05) is 6.54 Å². The highest BCUT2D eigenvalue weighted by Crippen LogP contribution is 2.29. The van der Waals surface area contributed by atoms with Gasteiger partial charge in [-0.1, -0.05) is 36.8 Å². The highest BCUT2D eigenvalue weighted by atomic mass is 16.2. The van der Waals surface area contributed by atoms with E-state index in [0.717, 1.165) is 25.8 Å². The summed E-state index contributed by atoms with van der Waals surface area (Å²) in [5, 5.41) is 0. The zero-order valence-electron chi connectivity index (χ0n) is 12.6. The number of rotatable bonds is 7. The van der Waals surface area contributed by atoms with Gasteiger partial charge in [-0.05, 0) is 44.2 Å². The first-order valence-electron chi connectivity index (χ1n) is 7.65. The molecule has 2 rings (SSSR count). The Morgan fingerprint density at radius 2 is 2.00 bits per heavy atom. The van der Waals surface area contributed by atoms with Crippen molar-refractivity contribution in [3.05, 3.63) is 35.4 Å². The van der Waals surface area contributed by atoms with Gasteiger partial charge >= 0.3 is 0 Å². The minimum absolute atomic E-state index is 0.286. The molecule has 1 aromatic carbocycles. The zero-order valence-corrected chi connectivity index (χ0v) is 12.6. The molecule has 3 heteroatoms. The Labute approximate surface area is 122 Å². The predicted octanol–water partition coefficient (Wildman–Crippen LogP) is 2.86. The molecule has 1 saturated carbocycles. The molecular formula is C17H26N2O. The quantitative estimate of drug-likeness (QED) is 0.831. The van der Waals surface area contributed by atoms with E-state index in [9.17, 15) is 4.79 Å². The van der Waals surface area contributed by atoms with Crippen LogP contribution in [0.3, 0.4) is 0 Å². The fraction of sp³-hybridized carbons (Fsp3) is 0.588. The Morgan fingerprint density at radius 3 is 2.55 bits per heavy atom. The summed E-state index contributed by atoms with van der Waals surface area (Å²) >= 11 is 0. The number of carbonyl (C=O) groups excluding carboxylic acids is 1. The number of aryl methyl sites for hydroxylation is 1. The van der Waals surface area contributed by atoms with Crippen LogP contribution in [0.4, 0.5) is 0 Å². The zero-order chi connectivity index (χ0) is 14.5. The number of hydrogen-bond acceptors (Lipinski definition) is 2. The van der Waals surface area contributed by atoms with E-state index in [4.69, 9.17) is 5.73 Å². The average molecular weight is 274 g/mol. The lowest BCUT2D eigenvalue weighted by Crippen LogP contribution is -2.33. The number of carbonyl (C=O) groups is 1. The van der Waals surface area contributed by atoms with Gasteiger partial charge in [0.05, 0.1) is 0 Å². The van der Waals surface area contributed by atoms with Crippen LogP contribution in [0.5, 0.6) is 0 Å². The summed E-state index contributed by atoms with van der Waals surface area (Å²) in [7, 11) is 0. The Bertz CT molecular complexity index is 437. The van der Waals surface area contributed by atoms with Gasteiger partial charge in [0, 0.05) is 19.0 Å². The van der Waals surface area contributed by atoms with Crippen LogP contribution in [0.15, 0.2) is 24.3 Å². The number of benzene rings is 1. The van der Waals surface area contributed by atoms with Crippen molar-refractivity contribution in [2.24, 2.45) is 11.7 Å². The van der Waals surface area contributed by atoms with E-state index in [-0.39, 0.29) is 5.91 Å². The van der Waals surface area contributed by atoms with E-state index in [2.05, 4.69) is 43.0 Å². The van der Waals surface area contributed by atoms with Crippen LogP contribution in [0.2, 0.25) is 0 Å². The Morgan fingerprint density at radius 1 is 1.35 bits per heavy atom. The molecule has 1 atom stereocenters. The van der Waals surface area contributed by atoms with Gasteiger partial charge < -0.3 is 10.6 Å². The normalized spacial score (nSPS) is 15.9. The molecular weight excluding hydrogens is 248 g/mol. The van der Waals surface area contributed by atoms with Crippen LogP contribution in [0.25, 0.3) is 0 Å². The molecule has 0 saturated heterocycles. The van der Waals surface area contributed by atoms with Gasteiger partial charge in [-0.3, -0.25) is 4.79 Å². The van der Waals surface area contributed by atoms with Gasteiger partial charge in [0.25, 0.3) is 0 Å². The van der Waals surface area contributed by atoms with Crippen molar-refractivity contribution in [2.45, 2.75) is 52.1 Å². The minimum Gasteiger partial charge on any atom is -0.335 e. The summed E-state index contributed by atoms with van der Waals surface area (Å²) in [4.78, 5) is 14.5. The maximum Gasteiger partial charge on any atom is 0.223 e. The molecule has 0 heterocycles. The molecule has 110 valence electrons. The summed E-state index contributed by atoms with van der Waals surface area (Å²) in [6.45, 7) is 5.60. The van der Waals surface area contributed by atoms with E-state index < -0.39 is 0 Å². The number of nitrogens with zero attached hydrogens (tertiary/aromatic N) is 1. The van der Waals surface area contributed by atoms with Gasteiger partial charge in [-0.2, -0.15) is 0 Å². The van der Waals surface area contributed by atoms with E-state index in [1.807, 2.05) is 0 Å². The van der Waals surface area contributed by atoms with Crippen LogP contribution < -0.4 is 5.73 Å². The molecule has 1 amide bonds. The average Bonchev–Trinajstić information content (AvgIpc) is 3.28. The topological polar surface area (TPSA) is 46.3 Å². The van der Waals surface area contributed by atoms with Crippen molar-refractivity contribution in [1.29, 1.82) is 0 Å². The first-order valence-corrected chi connectivity index (χ1v) is 7.65. The van der Waals surface area contributed by atoms with Gasteiger partial charge in [-0.25, -0.2) is 0 Å². The van der Waals surface area contributed by atoms with Gasteiger partial charge in [0.15, 0.2) is 0 Å². The standard InChI is InChI=1S/C17H26N2O/c1-13-3-6-15(7-4-13)12-19(16-8-9-16)17(20)10-5-14(2)11-18/h3-4,6-7,14,16H,5,8-12,18H2,1-2H3. The lowest BCUT2D eigenvalue weighted by molar-refractivity contribution is -0.132. The van der Waals surface area contributed by atoms with Crippen molar-refractivity contribution < 1.29 is 4.79 Å². The lowest BCUT2D eigenvalue weighted by atomic mass is 10.1. The van der Waals surface area contributed by atoms with Crippen molar-refractivity contribution in [3.63, 3.8) is 0 Å². The van der Waals surface area contributed by atoms with Crippen LogP contribution in [-0.2, 0) is 11.3 Å². The molecule has 0 bridgehead atoms. The largest absolute Gasteiger partial charge is 0.335 e. The molecule has 0 aliphatic heterocycles. The maximum absolute atomic E-state index is 12.4. The van der Waals surface area contributed by atoms with E-state index in [1.165, 1.54) is 11.1 Å². The summed E-state index contributed by atoms with van der Waals surface area (Å²) in [6.07, 6.45) is 3.83. The maximum atomic E-state index is 12.4. The fourth-order valence-electron chi connectivity index (χ4n) is 2.33. The molecule has 20 heavy (non-hydrogen) atoms. The van der Waals surface area contributed by atoms with Crippen LogP contribution >= 0.6 is 0 Å². The molecule has 1 fully saturated rings. The van der Waals surface area contributed by atoms with E-state index >= 15 is 0 Å². The Kier molecular flexibility index (Phi) is 5.18. The molecule has 0 aromatic heterocycles. The summed E-state index contributed by atoms with van der Waals surface area (Å²) < 4.78 is 0. The number of amides is 1. The molecule has 2 N–H and O–H groups in total. The molecule has 1 aromatic rings. The predicted molar refractivity (Wildman–Crippen MR) is 82.2 cm³/mol. The Hall–Kier alpha value is -1.35. The molecule has 3 nitrogen and oxygen atoms in total. The summed E-state index contributed by atoms with van der Waals surface area (Å²) in [6, 6.07) is 8.95. The molecule has 0 radical (unpaired) electrons. The molecule has 1 aliphatic carbocycles. The van der Waals surface area contributed by atoms with Crippen molar-refractivity contribution in [3.8, 4) is 0 Å². The molecule has 1 aliphatic rings. The van der Waals surface area contributed by atoms with Crippen molar-refractivity contribution >= 4 is 5.91 Å². The third-order valence-corrected chi connectivity index (χ3v) is 4.03. The molecule has 1 unspecified atom stereocenters. The van der Waals surface area contributed by atoms with Crippen LogP contribution in [0.1, 0.15) is 43.7 Å². The van der Waals surface area contributed by atoms with Crippen LogP contribution in [-0.4, -0.2) is 23.4 Å². The van der Waals surface area contributed by atoms with Gasteiger partial charge in [0.2, 0.25) is 5.91 Å². The number of nitrogens with two attached hydrogens (primary N) is 1. The smallest absolute Gasteiger partial charge is 0.223 e. The summed E-state index contributed by atoms with van der Waals surface area (Å²) in [5.74, 6) is 0.716. The van der Waals surface area contributed by atoms with E-state index in [1.54, 1.807) is 0 Å². The highest BCUT2D eigenvalue weighted by Gasteiger charge is 2.32. The second-order valence-corrected chi connectivity index (χ2v) is 6.12. The lowest BCUT2D eigenvalue weighted by Gasteiger charge is -2.23. The third-order valence-electron chi connectivity index (χ3n) is 4.03. The second kappa shape index (κ2) is 6.89. The fourth-order valence-corrected chi connectivity index (χ4v) is 2.33. The first kappa shape index (κ1) is 15.0. The monoisotopic (exact) mass is 274 g/mol. The summed E-state index contributed by atoms with van der Waals surface area (Å²) in [5.41, 5.74) is 8.10. The van der Waals surface area contributed by atoms with Crippen LogP contribution in [0, 0.1) is 12.8 Å². The number of hydrogen-bond donors (Lipinski definition) is 1. The van der Waals surface area contributed by atoms with Crippen molar-refractivity contribution in [1.82, 2.24) is 4.90 Å². The second-order valence-electron chi connectivity index (χ2n) is 6.12. The Balaban J connectivity index is 1.93. The highest BCUT2D eigenvalue weighted by molar-refractivity contribution is 5.76. The first-order chi connectivity index (χ1) is 9.60. The van der Waals surface area contributed by atoms with E-state index in [0.29, 0.717) is 24.9 Å².